The lowest BCUT2D eigenvalue weighted by Crippen LogP contribution is -2.42. The van der Waals surface area contributed by atoms with Crippen LogP contribution < -0.4 is 14.8 Å². The van der Waals surface area contributed by atoms with Gasteiger partial charge in [-0.2, -0.15) is 17.6 Å². The molecule has 0 aliphatic carbocycles. The van der Waals surface area contributed by atoms with E-state index < -0.39 is 12.1 Å². The summed E-state index contributed by atoms with van der Waals surface area (Å²) < 4.78 is 33.5. The molecule has 178 valence electrons. The summed E-state index contributed by atoms with van der Waals surface area (Å²) in [5.74, 6) is -2.42. The zero-order chi connectivity index (χ0) is 25.0. The normalized spacial score (nSPS) is 12.7. The molecular formula is C23H25ClF3N3O3. The first kappa shape index (κ1) is 26.3. The number of carbonyl (C=O) groups is 2. The average molecular weight is 484 g/mol. The quantitative estimate of drug-likeness (QED) is 0.429. The SMILES string of the molecule is C[C@H](NCC(=O)c1[nH]c(-c2cccc(Cl)c2)c2cccc[n+]12)C(C)(C)C.O=C([O-])C(F)(F)F. The van der Waals surface area contributed by atoms with Crippen LogP contribution in [0.4, 0.5) is 13.2 Å². The molecule has 0 saturated carbocycles. The minimum Gasteiger partial charge on any atom is -0.542 e. The van der Waals surface area contributed by atoms with Crippen LogP contribution in [0.25, 0.3) is 16.8 Å². The van der Waals surface area contributed by atoms with Gasteiger partial charge in [0.25, 0.3) is 5.78 Å². The van der Waals surface area contributed by atoms with Crippen LogP contribution >= 0.6 is 11.6 Å². The Morgan fingerprint density at radius 3 is 2.33 bits per heavy atom. The van der Waals surface area contributed by atoms with Crippen LogP contribution in [0.5, 0.6) is 0 Å². The predicted octanol–water partition coefficient (Wildman–Crippen LogP) is 3.58. The number of hydrogen-bond donors (Lipinski definition) is 2. The molecule has 6 nitrogen and oxygen atoms in total. The van der Waals surface area contributed by atoms with Crippen molar-refractivity contribution in [2.45, 2.75) is 39.9 Å². The van der Waals surface area contributed by atoms with Crippen molar-refractivity contribution in [1.82, 2.24) is 10.3 Å². The Morgan fingerprint density at radius 2 is 1.79 bits per heavy atom. The summed E-state index contributed by atoms with van der Waals surface area (Å²) >= 11 is 6.14. The second-order valence-electron chi connectivity index (χ2n) is 8.49. The van der Waals surface area contributed by atoms with Gasteiger partial charge in [-0.1, -0.05) is 50.6 Å². The maximum atomic E-state index is 12.9. The van der Waals surface area contributed by atoms with E-state index in [1.54, 1.807) is 0 Å². The molecule has 3 aromatic rings. The largest absolute Gasteiger partial charge is 0.542 e. The Hall–Kier alpha value is -2.91. The van der Waals surface area contributed by atoms with Crippen molar-refractivity contribution in [1.29, 1.82) is 0 Å². The number of aliphatic carboxylic acids is 1. The highest BCUT2D eigenvalue weighted by atomic mass is 35.5. The third kappa shape index (κ3) is 7.03. The number of benzene rings is 1. The predicted molar refractivity (Wildman–Crippen MR) is 117 cm³/mol. The number of imidazole rings is 1. The molecule has 0 bridgehead atoms. The monoisotopic (exact) mass is 483 g/mol. The fourth-order valence-corrected chi connectivity index (χ4v) is 2.98. The molecule has 2 aromatic heterocycles. The number of fused-ring (bicyclic) bond motifs is 1. The molecule has 0 radical (unpaired) electrons. The number of alkyl halides is 3. The molecule has 2 N–H and O–H groups in total. The lowest BCUT2D eigenvalue weighted by atomic mass is 9.88. The van der Waals surface area contributed by atoms with E-state index in [9.17, 15) is 18.0 Å². The molecule has 0 aliphatic rings. The van der Waals surface area contributed by atoms with Crippen LogP contribution in [-0.4, -0.2) is 35.5 Å². The minimum absolute atomic E-state index is 0.0237. The summed E-state index contributed by atoms with van der Waals surface area (Å²) in [5, 5.41) is 12.8. The van der Waals surface area contributed by atoms with Gasteiger partial charge in [0.1, 0.15) is 5.97 Å². The highest BCUT2D eigenvalue weighted by molar-refractivity contribution is 6.30. The molecule has 0 amide bonds. The van der Waals surface area contributed by atoms with Gasteiger partial charge in [0.15, 0.2) is 11.2 Å². The number of aromatic amines is 1. The van der Waals surface area contributed by atoms with Crippen LogP contribution in [0, 0.1) is 5.41 Å². The van der Waals surface area contributed by atoms with Gasteiger partial charge in [-0.3, -0.25) is 4.79 Å². The number of pyridine rings is 1. The average Bonchev–Trinajstić information content (AvgIpc) is 3.10. The van der Waals surface area contributed by atoms with Crippen molar-refractivity contribution in [3.05, 3.63) is 59.5 Å². The molecule has 10 heteroatoms. The third-order valence-corrected chi connectivity index (χ3v) is 5.31. The van der Waals surface area contributed by atoms with Crippen molar-refractivity contribution in [2.24, 2.45) is 5.41 Å². The number of hydrogen-bond acceptors (Lipinski definition) is 4. The van der Waals surface area contributed by atoms with Gasteiger partial charge >= 0.3 is 12.0 Å². The molecule has 3 rings (SSSR count). The van der Waals surface area contributed by atoms with E-state index >= 15 is 0 Å². The van der Waals surface area contributed by atoms with Gasteiger partial charge in [0.05, 0.1) is 12.7 Å². The van der Waals surface area contributed by atoms with Crippen molar-refractivity contribution in [2.75, 3.05) is 6.54 Å². The molecule has 1 atom stereocenters. The van der Waals surface area contributed by atoms with Crippen LogP contribution in [-0.2, 0) is 4.79 Å². The standard InChI is InChI=1S/C21H24ClN3O.C2HF3O2/c1-14(21(2,3)4)23-13-18(26)20-24-19(15-8-7-9-16(22)12-15)17-10-5-6-11-25(17)20;3-2(4,5)1(6)7/h5-12,14,23H,13H2,1-4H3;(H,6,7)/t14-;/m0./s1. The number of halogens is 4. The minimum atomic E-state index is -5.19. The van der Waals surface area contributed by atoms with Crippen molar-refractivity contribution in [3.8, 4) is 11.3 Å². The van der Waals surface area contributed by atoms with E-state index in [4.69, 9.17) is 21.5 Å². The molecule has 0 aliphatic heterocycles. The number of Topliss-reactive ketones (excluding diaryl/α,β-unsaturated/α-hetero) is 1. The number of nitrogens with zero attached hydrogens (tertiary/aromatic N) is 1. The van der Waals surface area contributed by atoms with Crippen molar-refractivity contribution >= 4 is 28.9 Å². The van der Waals surface area contributed by atoms with Gasteiger partial charge < -0.3 is 15.2 Å². The zero-order valence-electron chi connectivity index (χ0n) is 18.6. The smallest absolute Gasteiger partial charge is 0.430 e. The third-order valence-electron chi connectivity index (χ3n) is 5.08. The molecule has 0 unspecified atom stereocenters. The van der Waals surface area contributed by atoms with E-state index in [0.717, 1.165) is 16.8 Å². The van der Waals surface area contributed by atoms with E-state index in [0.29, 0.717) is 10.8 Å². The van der Waals surface area contributed by atoms with E-state index in [-0.39, 0.29) is 23.8 Å². The number of ketones is 1. The molecule has 2 heterocycles. The first-order chi connectivity index (χ1) is 15.2. The number of rotatable bonds is 5. The summed E-state index contributed by atoms with van der Waals surface area (Å²) in [4.78, 5) is 25.0. The first-order valence-corrected chi connectivity index (χ1v) is 10.4. The molecule has 0 saturated heterocycles. The van der Waals surface area contributed by atoms with Gasteiger partial charge in [0.2, 0.25) is 0 Å². The number of carboxylic acids is 1. The Morgan fingerprint density at radius 1 is 1.15 bits per heavy atom. The summed E-state index contributed by atoms with van der Waals surface area (Å²) in [7, 11) is 0. The van der Waals surface area contributed by atoms with E-state index in [1.165, 1.54) is 0 Å². The molecule has 1 aromatic carbocycles. The number of aromatic nitrogens is 2. The molecular weight excluding hydrogens is 459 g/mol. The van der Waals surface area contributed by atoms with Crippen molar-refractivity contribution < 1.29 is 32.3 Å². The Kier molecular flexibility index (Phi) is 8.26. The van der Waals surface area contributed by atoms with E-state index in [1.807, 2.05) is 53.1 Å². The van der Waals surface area contributed by atoms with Gasteiger partial charge in [-0.15, -0.1) is 0 Å². The Bertz CT molecular complexity index is 1140. The number of carboxylic acid groups (broad SMARTS) is 1. The highest BCUT2D eigenvalue weighted by Crippen LogP contribution is 2.24. The molecule has 33 heavy (non-hydrogen) atoms. The van der Waals surface area contributed by atoms with E-state index in [2.05, 4.69) is 38.0 Å². The Labute approximate surface area is 194 Å². The second kappa shape index (κ2) is 10.4. The number of carbonyl (C=O) groups excluding carboxylic acids is 2. The highest BCUT2D eigenvalue weighted by Gasteiger charge is 2.29. The lowest BCUT2D eigenvalue weighted by Gasteiger charge is -2.27. The topological polar surface area (TPSA) is 89.1 Å². The van der Waals surface area contributed by atoms with Crippen LogP contribution in [0.1, 0.15) is 38.3 Å². The summed E-state index contributed by atoms with van der Waals surface area (Å²) in [6.07, 6.45) is -3.29. The lowest BCUT2D eigenvalue weighted by molar-refractivity contribution is -0.513. The zero-order valence-corrected chi connectivity index (χ0v) is 19.3. The van der Waals surface area contributed by atoms with Gasteiger partial charge in [0, 0.05) is 16.6 Å². The fraction of sp³-hybridized carbons (Fsp3) is 0.348. The molecule has 0 fully saturated rings. The van der Waals surface area contributed by atoms with Crippen LogP contribution in [0.3, 0.4) is 0 Å². The van der Waals surface area contributed by atoms with Gasteiger partial charge in [-0.25, -0.2) is 4.98 Å². The summed E-state index contributed by atoms with van der Waals surface area (Å²) in [5.41, 5.74) is 2.88. The fourth-order valence-electron chi connectivity index (χ4n) is 2.79. The molecule has 0 spiro atoms. The van der Waals surface area contributed by atoms with Crippen LogP contribution in [0.15, 0.2) is 48.7 Å². The van der Waals surface area contributed by atoms with Crippen molar-refractivity contribution in [3.63, 3.8) is 0 Å². The van der Waals surface area contributed by atoms with Gasteiger partial charge in [-0.05, 0) is 36.6 Å². The maximum Gasteiger partial charge on any atom is 0.430 e. The summed E-state index contributed by atoms with van der Waals surface area (Å²) in [6.45, 7) is 8.86. The number of H-pyrrole nitrogens is 1. The summed E-state index contributed by atoms with van der Waals surface area (Å²) in [6, 6.07) is 13.7. The first-order valence-electron chi connectivity index (χ1n) is 10.0. The van der Waals surface area contributed by atoms with Crippen LogP contribution in [0.2, 0.25) is 5.02 Å². The Balaban J connectivity index is 0.000000479. The maximum absolute atomic E-state index is 12.9. The second-order valence-corrected chi connectivity index (χ2v) is 8.93. The number of nitrogens with one attached hydrogen (secondary N) is 2.